The summed E-state index contributed by atoms with van der Waals surface area (Å²) < 4.78 is 23.0. The largest absolute Gasteiger partial charge is 0.497 e. The topological polar surface area (TPSA) is 88.4 Å². The van der Waals surface area contributed by atoms with Crippen molar-refractivity contribution < 1.29 is 23.7 Å². The fraction of sp³-hybridized carbons (Fsp3) is 0.240. The van der Waals surface area contributed by atoms with Gasteiger partial charge in [0.2, 0.25) is 0 Å². The molecular formula is C25H24N2O6S. The highest BCUT2D eigenvalue weighted by atomic mass is 32.1. The molecule has 0 fully saturated rings. The van der Waals surface area contributed by atoms with Gasteiger partial charge in [0, 0.05) is 11.6 Å². The number of aromatic nitrogens is 1. The Morgan fingerprint density at radius 3 is 2.29 bits per heavy atom. The summed E-state index contributed by atoms with van der Waals surface area (Å²) in [5.74, 6) is 1.35. The van der Waals surface area contributed by atoms with Gasteiger partial charge >= 0.3 is 5.97 Å². The Morgan fingerprint density at radius 1 is 1.00 bits per heavy atom. The van der Waals surface area contributed by atoms with E-state index in [1.807, 2.05) is 18.2 Å². The Bertz CT molecular complexity index is 1450. The molecule has 1 aromatic heterocycles. The predicted molar refractivity (Wildman–Crippen MR) is 128 cm³/mol. The molecule has 1 aliphatic rings. The number of benzene rings is 2. The highest BCUT2D eigenvalue weighted by Crippen LogP contribution is 2.31. The van der Waals surface area contributed by atoms with E-state index in [1.165, 1.54) is 23.0 Å². The van der Waals surface area contributed by atoms with Crippen molar-refractivity contribution in [2.45, 2.75) is 13.0 Å². The Morgan fingerprint density at radius 2 is 1.68 bits per heavy atom. The molecule has 1 atom stereocenters. The molecule has 0 saturated heterocycles. The highest BCUT2D eigenvalue weighted by Gasteiger charge is 2.33. The number of nitrogens with zero attached hydrogens (tertiary/aromatic N) is 2. The smallest absolute Gasteiger partial charge is 0.338 e. The van der Waals surface area contributed by atoms with Gasteiger partial charge in [-0.25, -0.2) is 9.79 Å². The van der Waals surface area contributed by atoms with Crippen molar-refractivity contribution in [1.82, 2.24) is 4.57 Å². The van der Waals surface area contributed by atoms with Crippen LogP contribution in [0.25, 0.3) is 6.08 Å². The van der Waals surface area contributed by atoms with Crippen molar-refractivity contribution >= 4 is 23.4 Å². The summed E-state index contributed by atoms with van der Waals surface area (Å²) in [5, 5.41) is 0. The first-order valence-corrected chi connectivity index (χ1v) is 11.2. The number of hydrogen-bond donors (Lipinski definition) is 0. The van der Waals surface area contributed by atoms with Crippen LogP contribution in [0.4, 0.5) is 0 Å². The second-order valence-corrected chi connectivity index (χ2v) is 8.46. The monoisotopic (exact) mass is 480 g/mol. The number of fused-ring (bicyclic) bond motifs is 1. The normalized spacial score (nSPS) is 15.4. The summed E-state index contributed by atoms with van der Waals surface area (Å²) in [5.41, 5.74) is 2.01. The molecule has 0 saturated carbocycles. The van der Waals surface area contributed by atoms with Crippen LogP contribution in [0.15, 0.2) is 63.5 Å². The van der Waals surface area contributed by atoms with Crippen LogP contribution < -0.4 is 29.1 Å². The molecule has 0 aliphatic carbocycles. The quantitative estimate of drug-likeness (QED) is 0.504. The molecule has 0 spiro atoms. The lowest BCUT2D eigenvalue weighted by molar-refractivity contribution is -0.136. The lowest BCUT2D eigenvalue weighted by atomic mass is 9.96. The van der Waals surface area contributed by atoms with Crippen molar-refractivity contribution in [2.24, 2.45) is 4.99 Å². The predicted octanol–water partition coefficient (Wildman–Crippen LogP) is 2.43. The molecule has 0 amide bonds. The molecule has 2 aromatic carbocycles. The summed E-state index contributed by atoms with van der Waals surface area (Å²) in [6.07, 6.45) is 1.75. The van der Waals surface area contributed by atoms with Crippen molar-refractivity contribution in [3.8, 4) is 17.2 Å². The third-order valence-corrected chi connectivity index (χ3v) is 6.57. The molecule has 1 aliphatic heterocycles. The molecule has 34 heavy (non-hydrogen) atoms. The Kier molecular flexibility index (Phi) is 6.56. The number of allylic oxidation sites excluding steroid dienone is 1. The van der Waals surface area contributed by atoms with Crippen LogP contribution in [0.2, 0.25) is 0 Å². The Hall–Kier alpha value is -3.85. The molecule has 4 rings (SSSR count). The first-order chi connectivity index (χ1) is 16.4. The van der Waals surface area contributed by atoms with E-state index in [0.717, 1.165) is 11.1 Å². The maximum atomic E-state index is 13.6. The molecule has 1 unspecified atom stereocenters. The van der Waals surface area contributed by atoms with E-state index in [1.54, 1.807) is 58.6 Å². The van der Waals surface area contributed by atoms with Crippen molar-refractivity contribution in [3.05, 3.63) is 84.5 Å². The number of esters is 1. The summed E-state index contributed by atoms with van der Waals surface area (Å²) >= 11 is 1.25. The third-order valence-electron chi connectivity index (χ3n) is 5.59. The number of hydrogen-bond acceptors (Lipinski definition) is 8. The maximum absolute atomic E-state index is 13.6. The van der Waals surface area contributed by atoms with Gasteiger partial charge < -0.3 is 18.9 Å². The molecule has 3 aromatic rings. The Balaban J connectivity index is 1.94. The molecule has 176 valence electrons. The van der Waals surface area contributed by atoms with E-state index < -0.39 is 12.0 Å². The minimum atomic E-state index is -0.686. The number of rotatable bonds is 6. The molecule has 0 radical (unpaired) electrons. The summed E-state index contributed by atoms with van der Waals surface area (Å²) in [6, 6.07) is 11.9. The number of ether oxygens (including phenoxy) is 4. The van der Waals surface area contributed by atoms with Gasteiger partial charge in [-0.05, 0) is 42.8 Å². The van der Waals surface area contributed by atoms with Crippen LogP contribution in [-0.4, -0.2) is 39.0 Å². The first-order valence-electron chi connectivity index (χ1n) is 10.4. The molecule has 0 N–H and O–H groups in total. The average molecular weight is 481 g/mol. The molecule has 8 nitrogen and oxygen atoms in total. The van der Waals surface area contributed by atoms with Crippen LogP contribution in [-0.2, 0) is 9.53 Å². The van der Waals surface area contributed by atoms with E-state index in [-0.39, 0.29) is 5.56 Å². The second-order valence-electron chi connectivity index (χ2n) is 7.45. The van der Waals surface area contributed by atoms with Crippen LogP contribution in [0.1, 0.15) is 24.1 Å². The third kappa shape index (κ3) is 4.10. The minimum absolute atomic E-state index is 0.267. The minimum Gasteiger partial charge on any atom is -0.497 e. The van der Waals surface area contributed by atoms with E-state index in [0.29, 0.717) is 37.9 Å². The number of methoxy groups -OCH3 is 4. The average Bonchev–Trinajstić information content (AvgIpc) is 3.17. The standard InChI is InChI=1S/C25H24N2O6S/c1-14-21(24(29)33-5)22(15-6-9-17(30-2)10-7-15)27-23(28)20(34-25(27)26-14)12-16-8-11-18(31-3)13-19(16)32-4/h6-13,22H,1-5H3/b20-12-. The maximum Gasteiger partial charge on any atom is 0.338 e. The zero-order chi connectivity index (χ0) is 24.4. The first kappa shape index (κ1) is 23.3. The lowest BCUT2D eigenvalue weighted by Gasteiger charge is -2.24. The fourth-order valence-corrected chi connectivity index (χ4v) is 4.91. The molecule has 0 bridgehead atoms. The van der Waals surface area contributed by atoms with Gasteiger partial charge in [-0.3, -0.25) is 9.36 Å². The van der Waals surface area contributed by atoms with Gasteiger partial charge in [0.05, 0.1) is 50.3 Å². The van der Waals surface area contributed by atoms with Gasteiger partial charge in [-0.2, -0.15) is 0 Å². The number of thiazole rings is 1. The van der Waals surface area contributed by atoms with Gasteiger partial charge in [0.25, 0.3) is 5.56 Å². The summed E-state index contributed by atoms with van der Waals surface area (Å²) in [6.45, 7) is 1.74. The van der Waals surface area contributed by atoms with Gasteiger partial charge in [0.15, 0.2) is 4.80 Å². The van der Waals surface area contributed by atoms with Crippen molar-refractivity contribution in [3.63, 3.8) is 0 Å². The second kappa shape index (κ2) is 9.56. The van der Waals surface area contributed by atoms with Gasteiger partial charge in [-0.15, -0.1) is 0 Å². The SMILES string of the molecule is COC(=O)C1=C(C)N=c2s/c(=C\c3ccc(OC)cc3OC)c(=O)n2C1c1ccc(OC)cc1. The molecule has 9 heteroatoms. The van der Waals surface area contributed by atoms with E-state index in [2.05, 4.69) is 4.99 Å². The Labute approximate surface area is 200 Å². The lowest BCUT2D eigenvalue weighted by Crippen LogP contribution is -2.39. The fourth-order valence-electron chi connectivity index (χ4n) is 3.87. The zero-order valence-electron chi connectivity index (χ0n) is 19.4. The molecule has 2 heterocycles. The summed E-state index contributed by atoms with van der Waals surface area (Å²) in [4.78, 5) is 31.4. The van der Waals surface area contributed by atoms with E-state index in [9.17, 15) is 9.59 Å². The zero-order valence-corrected chi connectivity index (χ0v) is 20.3. The van der Waals surface area contributed by atoms with E-state index >= 15 is 0 Å². The van der Waals surface area contributed by atoms with Gasteiger partial charge in [-0.1, -0.05) is 23.5 Å². The van der Waals surface area contributed by atoms with Crippen molar-refractivity contribution in [1.29, 1.82) is 0 Å². The van der Waals surface area contributed by atoms with Crippen LogP contribution in [0.5, 0.6) is 17.2 Å². The summed E-state index contributed by atoms with van der Waals surface area (Å²) in [7, 11) is 6.03. The highest BCUT2D eigenvalue weighted by molar-refractivity contribution is 7.07. The number of carbonyl (C=O) groups is 1. The van der Waals surface area contributed by atoms with Gasteiger partial charge in [0.1, 0.15) is 17.2 Å². The van der Waals surface area contributed by atoms with Crippen molar-refractivity contribution in [2.75, 3.05) is 28.4 Å². The van der Waals surface area contributed by atoms with Crippen LogP contribution >= 0.6 is 11.3 Å². The van der Waals surface area contributed by atoms with Crippen LogP contribution in [0.3, 0.4) is 0 Å². The molecular weight excluding hydrogens is 456 g/mol. The van der Waals surface area contributed by atoms with E-state index in [4.69, 9.17) is 18.9 Å². The number of carbonyl (C=O) groups excluding carboxylic acids is 1. The van der Waals surface area contributed by atoms with Crippen LogP contribution in [0, 0.1) is 0 Å².